The molecule has 0 unspecified atom stereocenters. The van der Waals surface area contributed by atoms with Crippen LogP contribution in [-0.4, -0.2) is 14.8 Å². The molecule has 2 aromatic heterocycles. The quantitative estimate of drug-likeness (QED) is 0.853. The first kappa shape index (κ1) is 11.8. The van der Waals surface area contributed by atoms with Crippen LogP contribution in [0.1, 0.15) is 23.7 Å². The van der Waals surface area contributed by atoms with Crippen LogP contribution in [0.5, 0.6) is 0 Å². The molecular weight excluding hydrogens is 212 g/mol. The molecule has 4 nitrogen and oxygen atoms in total. The molecular formula is C13H18N4. The Morgan fingerprint density at radius 2 is 2.12 bits per heavy atom. The molecule has 0 radical (unpaired) electrons. The minimum atomic E-state index is 0.835. The van der Waals surface area contributed by atoms with E-state index in [1.54, 1.807) is 0 Å². The molecule has 4 heteroatoms. The van der Waals surface area contributed by atoms with E-state index in [1.807, 2.05) is 35.4 Å². The summed E-state index contributed by atoms with van der Waals surface area (Å²) in [5, 5.41) is 7.66. The number of rotatable bonds is 5. The number of nitrogens with zero attached hydrogens (tertiary/aromatic N) is 3. The number of hydrogen-bond acceptors (Lipinski definition) is 3. The van der Waals surface area contributed by atoms with Gasteiger partial charge in [0, 0.05) is 38.2 Å². The van der Waals surface area contributed by atoms with Gasteiger partial charge < -0.3 is 5.32 Å². The summed E-state index contributed by atoms with van der Waals surface area (Å²) in [6.45, 7) is 6.80. The van der Waals surface area contributed by atoms with Crippen LogP contribution in [0.3, 0.4) is 0 Å². The molecule has 0 aliphatic heterocycles. The molecule has 17 heavy (non-hydrogen) atoms. The second-order valence-electron chi connectivity index (χ2n) is 4.04. The highest BCUT2D eigenvalue weighted by Gasteiger charge is 2.01. The maximum atomic E-state index is 4.24. The number of aryl methyl sites for hydroxylation is 2. The topological polar surface area (TPSA) is 42.7 Å². The van der Waals surface area contributed by atoms with Crippen LogP contribution in [-0.2, 0) is 19.6 Å². The standard InChI is InChI=1S/C13H18N4/c1-3-17-13(5-7-16-17)10-15-9-12-8-14-6-4-11(12)2/h4-8,15H,3,9-10H2,1-2H3. The van der Waals surface area contributed by atoms with Crippen LogP contribution in [0, 0.1) is 6.92 Å². The Balaban J connectivity index is 1.90. The Bertz CT molecular complexity index is 476. The van der Waals surface area contributed by atoms with Crippen LogP contribution >= 0.6 is 0 Å². The summed E-state index contributed by atoms with van der Waals surface area (Å²) < 4.78 is 2.00. The van der Waals surface area contributed by atoms with Crippen molar-refractivity contribution in [2.45, 2.75) is 33.5 Å². The summed E-state index contributed by atoms with van der Waals surface area (Å²) in [4.78, 5) is 4.14. The van der Waals surface area contributed by atoms with Crippen molar-refractivity contribution in [2.24, 2.45) is 0 Å². The molecule has 0 bridgehead atoms. The first-order valence-electron chi connectivity index (χ1n) is 5.92. The van der Waals surface area contributed by atoms with Crippen molar-refractivity contribution in [1.29, 1.82) is 0 Å². The second-order valence-corrected chi connectivity index (χ2v) is 4.04. The summed E-state index contributed by atoms with van der Waals surface area (Å²) in [7, 11) is 0. The summed E-state index contributed by atoms with van der Waals surface area (Å²) in [5.41, 5.74) is 3.74. The van der Waals surface area contributed by atoms with Gasteiger partial charge in [-0.1, -0.05) is 0 Å². The van der Waals surface area contributed by atoms with Gasteiger partial charge in [0.05, 0.1) is 5.69 Å². The van der Waals surface area contributed by atoms with Gasteiger partial charge in [-0.3, -0.25) is 9.67 Å². The summed E-state index contributed by atoms with van der Waals surface area (Å²) in [5.74, 6) is 0. The predicted octanol–water partition coefficient (Wildman–Crippen LogP) is 1.90. The SMILES string of the molecule is CCn1nccc1CNCc1cnccc1C. The molecule has 2 rings (SSSR count). The lowest BCUT2D eigenvalue weighted by Crippen LogP contribution is -2.16. The van der Waals surface area contributed by atoms with Gasteiger partial charge in [-0.05, 0) is 37.1 Å². The van der Waals surface area contributed by atoms with Gasteiger partial charge in [-0.15, -0.1) is 0 Å². The third-order valence-electron chi connectivity index (χ3n) is 2.87. The molecule has 0 atom stereocenters. The van der Waals surface area contributed by atoms with E-state index in [9.17, 15) is 0 Å². The van der Waals surface area contributed by atoms with Crippen molar-refractivity contribution in [3.05, 3.63) is 47.5 Å². The van der Waals surface area contributed by atoms with Gasteiger partial charge in [0.2, 0.25) is 0 Å². The van der Waals surface area contributed by atoms with Crippen molar-refractivity contribution in [1.82, 2.24) is 20.1 Å². The lowest BCUT2D eigenvalue weighted by Gasteiger charge is -2.08. The lowest BCUT2D eigenvalue weighted by atomic mass is 10.1. The molecule has 0 fully saturated rings. The Morgan fingerprint density at radius 1 is 1.24 bits per heavy atom. The predicted molar refractivity (Wildman–Crippen MR) is 67.4 cm³/mol. The van der Waals surface area contributed by atoms with E-state index in [0.717, 1.165) is 19.6 Å². The molecule has 2 aromatic rings. The largest absolute Gasteiger partial charge is 0.307 e. The van der Waals surface area contributed by atoms with E-state index in [-0.39, 0.29) is 0 Å². The van der Waals surface area contributed by atoms with Crippen molar-refractivity contribution < 1.29 is 0 Å². The van der Waals surface area contributed by atoms with Crippen molar-refractivity contribution in [2.75, 3.05) is 0 Å². The summed E-state index contributed by atoms with van der Waals surface area (Å²) >= 11 is 0. The normalized spacial score (nSPS) is 10.7. The fourth-order valence-corrected chi connectivity index (χ4v) is 1.80. The van der Waals surface area contributed by atoms with Crippen LogP contribution < -0.4 is 5.32 Å². The van der Waals surface area contributed by atoms with Crippen molar-refractivity contribution in [3.63, 3.8) is 0 Å². The van der Waals surface area contributed by atoms with E-state index in [4.69, 9.17) is 0 Å². The minimum Gasteiger partial charge on any atom is -0.307 e. The zero-order valence-corrected chi connectivity index (χ0v) is 10.3. The molecule has 0 aromatic carbocycles. The minimum absolute atomic E-state index is 0.835. The maximum absolute atomic E-state index is 4.24. The smallest absolute Gasteiger partial charge is 0.0522 e. The van der Waals surface area contributed by atoms with Gasteiger partial charge in [-0.2, -0.15) is 5.10 Å². The average Bonchev–Trinajstić information content (AvgIpc) is 2.79. The Morgan fingerprint density at radius 3 is 2.88 bits per heavy atom. The van der Waals surface area contributed by atoms with Gasteiger partial charge in [0.25, 0.3) is 0 Å². The molecule has 0 aliphatic carbocycles. The van der Waals surface area contributed by atoms with E-state index >= 15 is 0 Å². The van der Waals surface area contributed by atoms with Crippen molar-refractivity contribution >= 4 is 0 Å². The zero-order chi connectivity index (χ0) is 12.1. The zero-order valence-electron chi connectivity index (χ0n) is 10.3. The van der Waals surface area contributed by atoms with Gasteiger partial charge in [-0.25, -0.2) is 0 Å². The first-order valence-corrected chi connectivity index (χ1v) is 5.92. The molecule has 0 saturated carbocycles. The molecule has 2 heterocycles. The fourth-order valence-electron chi connectivity index (χ4n) is 1.80. The van der Waals surface area contributed by atoms with E-state index < -0.39 is 0 Å². The van der Waals surface area contributed by atoms with E-state index in [2.05, 4.69) is 29.2 Å². The number of hydrogen-bond donors (Lipinski definition) is 1. The van der Waals surface area contributed by atoms with Crippen molar-refractivity contribution in [3.8, 4) is 0 Å². The van der Waals surface area contributed by atoms with Gasteiger partial charge >= 0.3 is 0 Å². The number of nitrogens with one attached hydrogen (secondary N) is 1. The van der Waals surface area contributed by atoms with Crippen LogP contribution in [0.4, 0.5) is 0 Å². The summed E-state index contributed by atoms with van der Waals surface area (Å²) in [6.07, 6.45) is 5.58. The number of aromatic nitrogens is 3. The Hall–Kier alpha value is -1.68. The Labute approximate surface area is 102 Å². The molecule has 0 spiro atoms. The molecule has 0 saturated heterocycles. The average molecular weight is 230 g/mol. The third-order valence-corrected chi connectivity index (χ3v) is 2.87. The third kappa shape index (κ3) is 2.91. The monoisotopic (exact) mass is 230 g/mol. The van der Waals surface area contributed by atoms with E-state index in [0.29, 0.717) is 0 Å². The van der Waals surface area contributed by atoms with Crippen LogP contribution in [0.25, 0.3) is 0 Å². The van der Waals surface area contributed by atoms with Crippen LogP contribution in [0.15, 0.2) is 30.7 Å². The lowest BCUT2D eigenvalue weighted by molar-refractivity contribution is 0.580. The molecule has 0 aliphatic rings. The molecule has 90 valence electrons. The Kier molecular flexibility index (Phi) is 3.88. The van der Waals surface area contributed by atoms with Gasteiger partial charge in [0.15, 0.2) is 0 Å². The highest BCUT2D eigenvalue weighted by Crippen LogP contribution is 2.05. The van der Waals surface area contributed by atoms with Gasteiger partial charge in [0.1, 0.15) is 0 Å². The van der Waals surface area contributed by atoms with E-state index in [1.165, 1.54) is 16.8 Å². The molecule has 0 amide bonds. The maximum Gasteiger partial charge on any atom is 0.0522 e. The molecule has 1 N–H and O–H groups in total. The fraction of sp³-hybridized carbons (Fsp3) is 0.385. The highest BCUT2D eigenvalue weighted by molar-refractivity contribution is 5.21. The first-order chi connectivity index (χ1) is 8.31. The second kappa shape index (κ2) is 5.59. The highest BCUT2D eigenvalue weighted by atomic mass is 15.3. The van der Waals surface area contributed by atoms with Crippen LogP contribution in [0.2, 0.25) is 0 Å². The summed E-state index contributed by atoms with van der Waals surface area (Å²) in [6, 6.07) is 4.08. The number of pyridine rings is 1.